The van der Waals surface area contributed by atoms with Crippen molar-refractivity contribution in [3.63, 3.8) is 0 Å². The second kappa shape index (κ2) is 5.54. The summed E-state index contributed by atoms with van der Waals surface area (Å²) < 4.78 is 0. The van der Waals surface area contributed by atoms with Gasteiger partial charge in [-0.2, -0.15) is 0 Å². The highest BCUT2D eigenvalue weighted by molar-refractivity contribution is 7.99. The van der Waals surface area contributed by atoms with Crippen LogP contribution in [0.4, 0.5) is 0 Å². The van der Waals surface area contributed by atoms with E-state index in [9.17, 15) is 0 Å². The number of thioether (sulfide) groups is 1. The van der Waals surface area contributed by atoms with Crippen molar-refractivity contribution >= 4 is 11.8 Å². The lowest BCUT2D eigenvalue weighted by Gasteiger charge is -2.31. The van der Waals surface area contributed by atoms with E-state index in [1.54, 1.807) is 0 Å². The topological polar surface area (TPSA) is 29.3 Å². The van der Waals surface area contributed by atoms with Crippen molar-refractivity contribution in [3.8, 4) is 0 Å². The number of nitrogens with two attached hydrogens (primary N) is 1. The van der Waals surface area contributed by atoms with Gasteiger partial charge in [0, 0.05) is 23.2 Å². The number of hydrogen-bond acceptors (Lipinski definition) is 3. The van der Waals surface area contributed by atoms with E-state index in [1.807, 2.05) is 16.8 Å². The van der Waals surface area contributed by atoms with E-state index in [2.05, 4.69) is 30.3 Å². The highest BCUT2D eigenvalue weighted by Crippen LogP contribution is 2.23. The summed E-state index contributed by atoms with van der Waals surface area (Å²) in [4.78, 5) is 1.34. The van der Waals surface area contributed by atoms with Crippen LogP contribution in [0.1, 0.15) is 19.3 Å². The third-order valence-corrected chi connectivity index (χ3v) is 4.02. The van der Waals surface area contributed by atoms with Gasteiger partial charge < -0.3 is 0 Å². The highest BCUT2D eigenvalue weighted by Gasteiger charge is 2.19. The Morgan fingerprint density at radius 3 is 2.80 bits per heavy atom. The van der Waals surface area contributed by atoms with Gasteiger partial charge in [-0.25, -0.2) is 5.01 Å². The van der Waals surface area contributed by atoms with Gasteiger partial charge in [-0.1, -0.05) is 24.6 Å². The van der Waals surface area contributed by atoms with Crippen LogP contribution in [0.25, 0.3) is 0 Å². The molecule has 0 aromatic heterocycles. The van der Waals surface area contributed by atoms with Crippen molar-refractivity contribution in [2.24, 2.45) is 5.84 Å². The van der Waals surface area contributed by atoms with Gasteiger partial charge in [0.05, 0.1) is 0 Å². The Kier molecular flexibility index (Phi) is 4.06. The van der Waals surface area contributed by atoms with E-state index in [0.717, 1.165) is 12.3 Å². The smallest absolute Gasteiger partial charge is 0.0335 e. The fourth-order valence-electron chi connectivity index (χ4n) is 1.91. The SMILES string of the molecule is NN1CCCCC1CSc1ccccc1. The van der Waals surface area contributed by atoms with Gasteiger partial charge in [-0.15, -0.1) is 11.8 Å². The van der Waals surface area contributed by atoms with Crippen molar-refractivity contribution in [3.05, 3.63) is 30.3 Å². The zero-order chi connectivity index (χ0) is 10.5. The normalized spacial score (nSPS) is 22.9. The van der Waals surface area contributed by atoms with Crippen LogP contribution in [0.2, 0.25) is 0 Å². The standard InChI is InChI=1S/C12H18N2S/c13-14-9-5-4-6-11(14)10-15-12-7-2-1-3-8-12/h1-3,7-8,11H,4-6,9-10,13H2. The molecule has 0 amide bonds. The fraction of sp³-hybridized carbons (Fsp3) is 0.500. The number of hydrazine groups is 1. The van der Waals surface area contributed by atoms with Gasteiger partial charge in [0.25, 0.3) is 0 Å². The van der Waals surface area contributed by atoms with E-state index in [-0.39, 0.29) is 0 Å². The Morgan fingerprint density at radius 2 is 2.07 bits per heavy atom. The van der Waals surface area contributed by atoms with Gasteiger partial charge >= 0.3 is 0 Å². The molecule has 15 heavy (non-hydrogen) atoms. The average Bonchev–Trinajstić information content (AvgIpc) is 2.29. The van der Waals surface area contributed by atoms with Crippen molar-refractivity contribution in [2.45, 2.75) is 30.2 Å². The average molecular weight is 222 g/mol. The van der Waals surface area contributed by atoms with Crippen LogP contribution in [-0.2, 0) is 0 Å². The van der Waals surface area contributed by atoms with Gasteiger partial charge in [0.2, 0.25) is 0 Å². The molecule has 82 valence electrons. The number of nitrogens with zero attached hydrogens (tertiary/aromatic N) is 1. The molecule has 0 aliphatic carbocycles. The van der Waals surface area contributed by atoms with E-state index in [4.69, 9.17) is 5.84 Å². The van der Waals surface area contributed by atoms with Crippen LogP contribution in [0.5, 0.6) is 0 Å². The highest BCUT2D eigenvalue weighted by atomic mass is 32.2. The van der Waals surface area contributed by atoms with Gasteiger partial charge in [-0.05, 0) is 25.0 Å². The second-order valence-electron chi connectivity index (χ2n) is 4.01. The Balaban J connectivity index is 1.82. The first-order chi connectivity index (χ1) is 7.36. The lowest BCUT2D eigenvalue weighted by atomic mass is 10.1. The van der Waals surface area contributed by atoms with Crippen molar-refractivity contribution in [1.82, 2.24) is 5.01 Å². The Hall–Kier alpha value is -0.510. The Bertz CT molecular complexity index is 289. The maximum absolute atomic E-state index is 5.96. The van der Waals surface area contributed by atoms with E-state index in [1.165, 1.54) is 24.2 Å². The third-order valence-electron chi connectivity index (χ3n) is 2.86. The molecule has 3 heteroatoms. The van der Waals surface area contributed by atoms with Gasteiger partial charge in [0.15, 0.2) is 0 Å². The van der Waals surface area contributed by atoms with E-state index < -0.39 is 0 Å². The molecular weight excluding hydrogens is 204 g/mol. The number of benzene rings is 1. The predicted molar refractivity (Wildman–Crippen MR) is 65.7 cm³/mol. The summed E-state index contributed by atoms with van der Waals surface area (Å²) in [6.45, 7) is 1.06. The molecule has 1 aromatic carbocycles. The molecule has 0 saturated carbocycles. The Morgan fingerprint density at radius 1 is 1.27 bits per heavy atom. The minimum Gasteiger partial charge on any atom is -0.269 e. The van der Waals surface area contributed by atoms with Crippen LogP contribution < -0.4 is 5.84 Å². The first-order valence-corrected chi connectivity index (χ1v) is 6.54. The lowest BCUT2D eigenvalue weighted by Crippen LogP contribution is -2.45. The van der Waals surface area contributed by atoms with Crippen molar-refractivity contribution in [2.75, 3.05) is 12.3 Å². The molecule has 0 radical (unpaired) electrons. The summed E-state index contributed by atoms with van der Waals surface area (Å²) in [7, 11) is 0. The van der Waals surface area contributed by atoms with Crippen LogP contribution in [0.3, 0.4) is 0 Å². The van der Waals surface area contributed by atoms with Crippen molar-refractivity contribution in [1.29, 1.82) is 0 Å². The third kappa shape index (κ3) is 3.23. The summed E-state index contributed by atoms with van der Waals surface area (Å²) in [6.07, 6.45) is 3.83. The zero-order valence-electron chi connectivity index (χ0n) is 8.93. The maximum atomic E-state index is 5.96. The molecule has 1 atom stereocenters. The molecule has 1 saturated heterocycles. The molecule has 2 rings (SSSR count). The predicted octanol–water partition coefficient (Wildman–Crippen LogP) is 2.51. The summed E-state index contributed by atoms with van der Waals surface area (Å²) >= 11 is 1.91. The van der Waals surface area contributed by atoms with Crippen LogP contribution in [0, 0.1) is 0 Å². The van der Waals surface area contributed by atoms with Gasteiger partial charge in [0.1, 0.15) is 0 Å². The molecule has 1 aliphatic heterocycles. The van der Waals surface area contributed by atoms with Crippen molar-refractivity contribution < 1.29 is 0 Å². The molecule has 1 aromatic rings. The molecule has 1 heterocycles. The first-order valence-electron chi connectivity index (χ1n) is 5.55. The molecule has 1 fully saturated rings. The first kappa shape index (κ1) is 11.0. The van der Waals surface area contributed by atoms with E-state index >= 15 is 0 Å². The molecule has 2 N–H and O–H groups in total. The zero-order valence-corrected chi connectivity index (χ0v) is 9.75. The Labute approximate surface area is 95.8 Å². The summed E-state index contributed by atoms with van der Waals surface area (Å²) in [5, 5.41) is 2.01. The summed E-state index contributed by atoms with van der Waals surface area (Å²) in [5.41, 5.74) is 0. The minimum absolute atomic E-state index is 0.559. The molecule has 0 bridgehead atoms. The van der Waals surface area contributed by atoms with E-state index in [0.29, 0.717) is 6.04 Å². The quantitative estimate of drug-likeness (QED) is 0.629. The molecular formula is C12H18N2S. The molecule has 1 unspecified atom stereocenters. The summed E-state index contributed by atoms with van der Waals surface area (Å²) in [6, 6.07) is 11.1. The largest absolute Gasteiger partial charge is 0.269 e. The van der Waals surface area contributed by atoms with Crippen LogP contribution in [0.15, 0.2) is 35.2 Å². The molecule has 2 nitrogen and oxygen atoms in total. The van der Waals surface area contributed by atoms with Crippen LogP contribution >= 0.6 is 11.8 Å². The lowest BCUT2D eigenvalue weighted by molar-refractivity contribution is 0.167. The second-order valence-corrected chi connectivity index (χ2v) is 5.10. The van der Waals surface area contributed by atoms with Crippen LogP contribution in [-0.4, -0.2) is 23.3 Å². The molecule has 1 aliphatic rings. The monoisotopic (exact) mass is 222 g/mol. The molecule has 0 spiro atoms. The van der Waals surface area contributed by atoms with Gasteiger partial charge in [-0.3, -0.25) is 5.84 Å². The number of piperidine rings is 1. The fourth-order valence-corrected chi connectivity index (χ4v) is 3.00. The number of hydrogen-bond donors (Lipinski definition) is 1. The maximum Gasteiger partial charge on any atom is 0.0335 e. The number of rotatable bonds is 3. The summed E-state index contributed by atoms with van der Waals surface area (Å²) in [5.74, 6) is 7.07. The minimum atomic E-state index is 0.559.